The second-order valence-electron chi connectivity index (χ2n) is 4.50. The van der Waals surface area contributed by atoms with Crippen LogP contribution < -0.4 is 0 Å². The first-order valence-electron chi connectivity index (χ1n) is 5.78. The molecule has 0 saturated carbocycles. The van der Waals surface area contributed by atoms with Crippen LogP contribution in [-0.2, 0) is 14.3 Å². The molecule has 5 heteroatoms. The van der Waals surface area contributed by atoms with Gasteiger partial charge in [0, 0.05) is 26.0 Å². The van der Waals surface area contributed by atoms with E-state index in [1.165, 1.54) is 4.90 Å². The van der Waals surface area contributed by atoms with E-state index in [1.807, 2.05) is 0 Å². The molecule has 5 nitrogen and oxygen atoms in total. The number of rotatable bonds is 2. The minimum atomic E-state index is -1.10. The predicted octanol–water partition coefficient (Wildman–Crippen LogP) is 0.633. The van der Waals surface area contributed by atoms with E-state index < -0.39 is 11.5 Å². The third-order valence-corrected chi connectivity index (χ3v) is 3.49. The Morgan fingerprint density at radius 2 is 2.19 bits per heavy atom. The molecule has 0 aromatic carbocycles. The lowest BCUT2D eigenvalue weighted by Gasteiger charge is -2.35. The second-order valence-corrected chi connectivity index (χ2v) is 4.50. The SMILES string of the molecule is O=C1CCCCCN1C1(C(=O)O)CCOC1. The molecule has 1 atom stereocenters. The summed E-state index contributed by atoms with van der Waals surface area (Å²) in [6.45, 7) is 1.11. The van der Waals surface area contributed by atoms with Crippen molar-refractivity contribution in [2.75, 3.05) is 19.8 Å². The van der Waals surface area contributed by atoms with Gasteiger partial charge in [-0.2, -0.15) is 0 Å². The van der Waals surface area contributed by atoms with Gasteiger partial charge in [0.15, 0.2) is 5.54 Å². The lowest BCUT2D eigenvalue weighted by molar-refractivity contribution is -0.159. The van der Waals surface area contributed by atoms with E-state index >= 15 is 0 Å². The zero-order valence-electron chi connectivity index (χ0n) is 9.28. The second kappa shape index (κ2) is 4.41. The van der Waals surface area contributed by atoms with Crippen LogP contribution in [0, 0.1) is 0 Å². The number of carboxylic acids is 1. The highest BCUT2D eigenvalue weighted by Gasteiger charge is 2.49. The first kappa shape index (κ1) is 11.4. The van der Waals surface area contributed by atoms with Crippen LogP contribution in [0.3, 0.4) is 0 Å². The summed E-state index contributed by atoms with van der Waals surface area (Å²) in [5.74, 6) is -0.967. The molecule has 2 aliphatic rings. The maximum absolute atomic E-state index is 11.9. The highest BCUT2D eigenvalue weighted by atomic mass is 16.5. The summed E-state index contributed by atoms with van der Waals surface area (Å²) in [5, 5.41) is 9.35. The first-order chi connectivity index (χ1) is 7.67. The van der Waals surface area contributed by atoms with Gasteiger partial charge >= 0.3 is 5.97 Å². The molecule has 2 heterocycles. The molecule has 0 spiro atoms. The fourth-order valence-corrected chi connectivity index (χ4v) is 2.49. The van der Waals surface area contributed by atoms with Crippen LogP contribution in [-0.4, -0.2) is 47.2 Å². The third kappa shape index (κ3) is 1.80. The van der Waals surface area contributed by atoms with Gasteiger partial charge in [0.25, 0.3) is 0 Å². The maximum Gasteiger partial charge on any atom is 0.332 e. The average molecular weight is 227 g/mol. The number of carboxylic acid groups (broad SMARTS) is 1. The number of amides is 1. The standard InChI is InChI=1S/C11H17NO4/c13-9-4-2-1-3-6-12(9)11(10(14)15)5-7-16-8-11/h1-8H2,(H,14,15). The van der Waals surface area contributed by atoms with Crippen molar-refractivity contribution >= 4 is 11.9 Å². The molecule has 2 aliphatic heterocycles. The summed E-state index contributed by atoms with van der Waals surface area (Å²) >= 11 is 0. The number of aliphatic carboxylic acids is 1. The molecule has 90 valence electrons. The van der Waals surface area contributed by atoms with E-state index in [1.54, 1.807) is 0 Å². The number of nitrogens with zero attached hydrogens (tertiary/aromatic N) is 1. The molecule has 2 fully saturated rings. The molecule has 1 N–H and O–H groups in total. The molecule has 0 bridgehead atoms. The third-order valence-electron chi connectivity index (χ3n) is 3.49. The fraction of sp³-hybridized carbons (Fsp3) is 0.818. The molecule has 1 amide bonds. The van der Waals surface area contributed by atoms with E-state index in [2.05, 4.69) is 0 Å². The smallest absolute Gasteiger partial charge is 0.332 e. The van der Waals surface area contributed by atoms with E-state index in [0.717, 1.165) is 19.3 Å². The molecule has 0 radical (unpaired) electrons. The maximum atomic E-state index is 11.9. The Kier molecular flexibility index (Phi) is 3.14. The Balaban J connectivity index is 2.24. The fourth-order valence-electron chi connectivity index (χ4n) is 2.49. The van der Waals surface area contributed by atoms with Gasteiger partial charge in [-0.05, 0) is 12.8 Å². The summed E-state index contributed by atoms with van der Waals surface area (Å²) in [6.07, 6.45) is 3.63. The monoisotopic (exact) mass is 227 g/mol. The molecular weight excluding hydrogens is 210 g/mol. The van der Waals surface area contributed by atoms with E-state index in [9.17, 15) is 14.7 Å². The van der Waals surface area contributed by atoms with Gasteiger partial charge in [-0.15, -0.1) is 0 Å². The van der Waals surface area contributed by atoms with Gasteiger partial charge in [0.1, 0.15) is 0 Å². The number of ether oxygens (including phenoxy) is 1. The zero-order chi connectivity index (χ0) is 11.6. The van der Waals surface area contributed by atoms with E-state index in [-0.39, 0.29) is 12.5 Å². The van der Waals surface area contributed by atoms with E-state index in [4.69, 9.17) is 4.74 Å². The van der Waals surface area contributed by atoms with Crippen LogP contribution in [0.2, 0.25) is 0 Å². The van der Waals surface area contributed by atoms with Crippen molar-refractivity contribution in [1.29, 1.82) is 0 Å². The van der Waals surface area contributed by atoms with Gasteiger partial charge in [-0.1, -0.05) is 6.42 Å². The van der Waals surface area contributed by atoms with Gasteiger partial charge in [-0.3, -0.25) is 4.79 Å². The van der Waals surface area contributed by atoms with Gasteiger partial charge in [0.2, 0.25) is 5.91 Å². The predicted molar refractivity (Wildman–Crippen MR) is 56.0 cm³/mol. The molecule has 0 aromatic rings. The van der Waals surface area contributed by atoms with Crippen LogP contribution in [0.15, 0.2) is 0 Å². The molecule has 0 aromatic heterocycles. The number of hydrogen-bond acceptors (Lipinski definition) is 3. The van der Waals surface area contributed by atoms with Crippen molar-refractivity contribution in [3.8, 4) is 0 Å². The van der Waals surface area contributed by atoms with Crippen molar-refractivity contribution in [1.82, 2.24) is 4.90 Å². The van der Waals surface area contributed by atoms with Crippen LogP contribution in [0.4, 0.5) is 0 Å². The first-order valence-corrected chi connectivity index (χ1v) is 5.78. The molecule has 0 aliphatic carbocycles. The normalized spacial score (nSPS) is 31.5. The Hall–Kier alpha value is -1.10. The van der Waals surface area contributed by atoms with Crippen molar-refractivity contribution < 1.29 is 19.4 Å². The van der Waals surface area contributed by atoms with Crippen LogP contribution in [0.25, 0.3) is 0 Å². The summed E-state index contributed by atoms with van der Waals surface area (Å²) in [7, 11) is 0. The average Bonchev–Trinajstić information content (AvgIpc) is 2.64. The molecular formula is C11H17NO4. The van der Waals surface area contributed by atoms with Crippen LogP contribution in [0.5, 0.6) is 0 Å². The zero-order valence-corrected chi connectivity index (χ0v) is 9.28. The topological polar surface area (TPSA) is 66.8 Å². The lowest BCUT2D eigenvalue weighted by atomic mass is 9.95. The van der Waals surface area contributed by atoms with E-state index in [0.29, 0.717) is 26.0 Å². The molecule has 1 unspecified atom stereocenters. The Bertz CT molecular complexity index is 296. The number of carbonyl (C=O) groups is 2. The highest BCUT2D eigenvalue weighted by Crippen LogP contribution is 2.29. The highest BCUT2D eigenvalue weighted by molar-refractivity contribution is 5.87. The van der Waals surface area contributed by atoms with Gasteiger partial charge in [-0.25, -0.2) is 4.79 Å². The quantitative estimate of drug-likeness (QED) is 0.751. The van der Waals surface area contributed by atoms with Gasteiger partial charge < -0.3 is 14.7 Å². The number of carbonyl (C=O) groups excluding carboxylic acids is 1. The summed E-state index contributed by atoms with van der Waals surface area (Å²) in [4.78, 5) is 24.9. The van der Waals surface area contributed by atoms with Crippen molar-refractivity contribution in [3.05, 3.63) is 0 Å². The van der Waals surface area contributed by atoms with Gasteiger partial charge in [0.05, 0.1) is 6.61 Å². The van der Waals surface area contributed by atoms with Crippen LogP contribution in [0.1, 0.15) is 32.1 Å². The molecule has 16 heavy (non-hydrogen) atoms. The number of likely N-dealkylation sites (tertiary alicyclic amines) is 1. The lowest BCUT2D eigenvalue weighted by Crippen LogP contribution is -2.57. The summed E-state index contributed by atoms with van der Waals surface area (Å²) in [5.41, 5.74) is -1.10. The van der Waals surface area contributed by atoms with Crippen LogP contribution >= 0.6 is 0 Å². The summed E-state index contributed by atoms with van der Waals surface area (Å²) < 4.78 is 5.19. The largest absolute Gasteiger partial charge is 0.479 e. The molecule has 2 saturated heterocycles. The number of hydrogen-bond donors (Lipinski definition) is 1. The molecule has 2 rings (SSSR count). The van der Waals surface area contributed by atoms with Crippen molar-refractivity contribution in [3.63, 3.8) is 0 Å². The minimum Gasteiger partial charge on any atom is -0.479 e. The Labute approximate surface area is 94.4 Å². The van der Waals surface area contributed by atoms with Crippen molar-refractivity contribution in [2.45, 2.75) is 37.6 Å². The van der Waals surface area contributed by atoms with Crippen molar-refractivity contribution in [2.24, 2.45) is 0 Å². The summed E-state index contributed by atoms with van der Waals surface area (Å²) in [6, 6.07) is 0. The minimum absolute atomic E-state index is 0.0367. The Morgan fingerprint density at radius 3 is 2.81 bits per heavy atom. The Morgan fingerprint density at radius 1 is 1.38 bits per heavy atom.